The molecule has 0 aliphatic carbocycles. The number of azo groups is 1. The number of carboxylic acid groups (broad SMARTS) is 1. The molecule has 0 atom stereocenters. The van der Waals surface area contributed by atoms with E-state index in [-0.39, 0.29) is 22.7 Å². The lowest BCUT2D eigenvalue weighted by Crippen LogP contribution is -2.14. The molecule has 0 aliphatic heterocycles. The number of hydrogen-bond acceptors (Lipinski definition) is 5. The molecule has 0 fully saturated rings. The maximum Gasteiger partial charge on any atom is 0.335 e. The Labute approximate surface area is 148 Å². The van der Waals surface area contributed by atoms with Crippen molar-refractivity contribution in [2.75, 3.05) is 0 Å². The first-order valence-electron chi connectivity index (χ1n) is 7.73. The van der Waals surface area contributed by atoms with Gasteiger partial charge < -0.3 is 10.2 Å². The molecule has 8 heteroatoms. The van der Waals surface area contributed by atoms with Crippen LogP contribution in [0.2, 0.25) is 0 Å². The van der Waals surface area contributed by atoms with Gasteiger partial charge in [-0.3, -0.25) is 9.89 Å². The molecule has 0 amide bonds. The number of aromatic amines is 1. The van der Waals surface area contributed by atoms with Crippen LogP contribution >= 0.6 is 0 Å². The van der Waals surface area contributed by atoms with Gasteiger partial charge in [-0.1, -0.05) is 12.1 Å². The van der Waals surface area contributed by atoms with Gasteiger partial charge in [0.1, 0.15) is 11.4 Å². The van der Waals surface area contributed by atoms with E-state index in [4.69, 9.17) is 5.11 Å². The lowest BCUT2D eigenvalue weighted by atomic mass is 10.2. The summed E-state index contributed by atoms with van der Waals surface area (Å²) < 4.78 is 1.20. The highest BCUT2D eigenvalue weighted by Gasteiger charge is 2.14. The van der Waals surface area contributed by atoms with E-state index >= 15 is 0 Å². The maximum absolute atomic E-state index is 12.6. The van der Waals surface area contributed by atoms with Crippen LogP contribution in [0.25, 0.3) is 5.69 Å². The third-order valence-electron chi connectivity index (χ3n) is 3.78. The van der Waals surface area contributed by atoms with Crippen molar-refractivity contribution in [2.45, 2.75) is 13.8 Å². The summed E-state index contributed by atoms with van der Waals surface area (Å²) in [6.07, 6.45) is 0. The van der Waals surface area contributed by atoms with Crippen LogP contribution in [0.1, 0.15) is 21.6 Å². The highest BCUT2D eigenvalue weighted by molar-refractivity contribution is 5.88. The SMILES string of the molecule is Cc1ccc(N=Nc2c(C)[nH]n(-c3cccc(C(=O)O)c3)c2=O)c(O)c1. The summed E-state index contributed by atoms with van der Waals surface area (Å²) in [7, 11) is 0. The number of aromatic nitrogens is 2. The normalized spacial score (nSPS) is 11.2. The summed E-state index contributed by atoms with van der Waals surface area (Å²) in [6, 6.07) is 10.9. The van der Waals surface area contributed by atoms with E-state index in [1.165, 1.54) is 16.8 Å². The number of phenolic OH excluding ortho intramolecular Hbond substituents is 1. The molecular formula is C18H16N4O4. The molecule has 1 heterocycles. The zero-order valence-electron chi connectivity index (χ0n) is 14.1. The lowest BCUT2D eigenvalue weighted by Gasteiger charge is -2.02. The number of carboxylic acids is 1. The largest absolute Gasteiger partial charge is 0.506 e. The second-order valence-corrected chi connectivity index (χ2v) is 5.77. The molecular weight excluding hydrogens is 336 g/mol. The molecule has 0 unspecified atom stereocenters. The van der Waals surface area contributed by atoms with Gasteiger partial charge in [0, 0.05) is 0 Å². The number of phenols is 1. The van der Waals surface area contributed by atoms with Gasteiger partial charge in [-0.05, 0) is 49.7 Å². The van der Waals surface area contributed by atoms with Gasteiger partial charge in [-0.2, -0.15) is 0 Å². The first-order valence-corrected chi connectivity index (χ1v) is 7.73. The van der Waals surface area contributed by atoms with E-state index in [0.29, 0.717) is 11.4 Å². The Hall–Kier alpha value is -3.68. The fourth-order valence-corrected chi connectivity index (χ4v) is 2.44. The summed E-state index contributed by atoms with van der Waals surface area (Å²) in [6.45, 7) is 3.49. The minimum atomic E-state index is -1.09. The summed E-state index contributed by atoms with van der Waals surface area (Å²) in [5, 5.41) is 29.7. The Kier molecular flexibility index (Phi) is 4.40. The topological polar surface area (TPSA) is 120 Å². The number of carbonyl (C=O) groups is 1. The average molecular weight is 352 g/mol. The summed E-state index contributed by atoms with van der Waals surface area (Å²) in [5.74, 6) is -1.12. The lowest BCUT2D eigenvalue weighted by molar-refractivity contribution is 0.0697. The molecule has 2 aromatic carbocycles. The molecule has 8 nitrogen and oxygen atoms in total. The van der Waals surface area contributed by atoms with Crippen molar-refractivity contribution in [3.63, 3.8) is 0 Å². The number of hydrogen-bond donors (Lipinski definition) is 3. The predicted octanol–water partition coefficient (Wildman–Crippen LogP) is 3.60. The number of aromatic carboxylic acids is 1. The van der Waals surface area contributed by atoms with Crippen molar-refractivity contribution in [1.29, 1.82) is 0 Å². The number of benzene rings is 2. The van der Waals surface area contributed by atoms with Crippen molar-refractivity contribution in [3.05, 3.63) is 69.6 Å². The van der Waals surface area contributed by atoms with Gasteiger partial charge in [-0.15, -0.1) is 10.2 Å². The second kappa shape index (κ2) is 6.67. The average Bonchev–Trinajstić information content (AvgIpc) is 2.89. The summed E-state index contributed by atoms with van der Waals surface area (Å²) in [4.78, 5) is 23.7. The highest BCUT2D eigenvalue weighted by atomic mass is 16.4. The number of aromatic hydroxyl groups is 1. The first-order chi connectivity index (χ1) is 12.4. The van der Waals surface area contributed by atoms with E-state index in [1.54, 1.807) is 37.3 Å². The monoisotopic (exact) mass is 352 g/mol. The molecule has 0 bridgehead atoms. The third kappa shape index (κ3) is 3.25. The summed E-state index contributed by atoms with van der Waals surface area (Å²) >= 11 is 0. The Morgan fingerprint density at radius 1 is 1.12 bits per heavy atom. The fourth-order valence-electron chi connectivity index (χ4n) is 2.44. The Morgan fingerprint density at radius 3 is 2.58 bits per heavy atom. The zero-order chi connectivity index (χ0) is 18.8. The van der Waals surface area contributed by atoms with Gasteiger partial charge >= 0.3 is 5.97 Å². The van der Waals surface area contributed by atoms with Gasteiger partial charge in [0.05, 0.1) is 16.9 Å². The molecule has 0 aliphatic rings. The minimum absolute atomic E-state index is 0.0311. The van der Waals surface area contributed by atoms with Crippen LogP contribution in [0.3, 0.4) is 0 Å². The molecule has 0 saturated carbocycles. The Balaban J connectivity index is 2.01. The molecule has 3 rings (SSSR count). The van der Waals surface area contributed by atoms with Gasteiger partial charge in [0.25, 0.3) is 5.56 Å². The molecule has 3 N–H and O–H groups in total. The zero-order valence-corrected chi connectivity index (χ0v) is 14.1. The molecule has 132 valence electrons. The van der Waals surface area contributed by atoms with Crippen molar-refractivity contribution >= 4 is 17.3 Å². The number of H-pyrrole nitrogens is 1. The number of rotatable bonds is 4. The smallest absolute Gasteiger partial charge is 0.335 e. The van der Waals surface area contributed by atoms with Crippen LogP contribution in [0.15, 0.2) is 57.5 Å². The van der Waals surface area contributed by atoms with Crippen LogP contribution in [0.4, 0.5) is 11.4 Å². The fraction of sp³-hybridized carbons (Fsp3) is 0.111. The summed E-state index contributed by atoms with van der Waals surface area (Å²) in [5.41, 5.74) is 1.62. The first kappa shape index (κ1) is 17.2. The van der Waals surface area contributed by atoms with Crippen molar-refractivity contribution in [2.24, 2.45) is 10.2 Å². The number of aryl methyl sites for hydroxylation is 2. The molecule has 1 aromatic heterocycles. The molecule has 3 aromatic rings. The Morgan fingerprint density at radius 2 is 1.88 bits per heavy atom. The van der Waals surface area contributed by atoms with Crippen LogP contribution in [-0.2, 0) is 0 Å². The predicted molar refractivity (Wildman–Crippen MR) is 95.1 cm³/mol. The van der Waals surface area contributed by atoms with Crippen molar-refractivity contribution in [3.8, 4) is 11.4 Å². The number of nitrogens with one attached hydrogen (secondary N) is 1. The van der Waals surface area contributed by atoms with Gasteiger partial charge in [0.2, 0.25) is 0 Å². The highest BCUT2D eigenvalue weighted by Crippen LogP contribution is 2.28. The van der Waals surface area contributed by atoms with Crippen LogP contribution < -0.4 is 5.56 Å². The van der Waals surface area contributed by atoms with Crippen LogP contribution in [0, 0.1) is 13.8 Å². The van der Waals surface area contributed by atoms with Crippen LogP contribution in [-0.4, -0.2) is 26.0 Å². The molecule has 26 heavy (non-hydrogen) atoms. The molecule has 0 radical (unpaired) electrons. The van der Waals surface area contributed by atoms with Crippen molar-refractivity contribution < 1.29 is 15.0 Å². The van der Waals surface area contributed by atoms with Crippen molar-refractivity contribution in [1.82, 2.24) is 9.78 Å². The third-order valence-corrected chi connectivity index (χ3v) is 3.78. The molecule has 0 spiro atoms. The molecule has 0 saturated heterocycles. The van der Waals surface area contributed by atoms with Gasteiger partial charge in [0.15, 0.2) is 5.69 Å². The van der Waals surface area contributed by atoms with Crippen LogP contribution in [0.5, 0.6) is 5.75 Å². The van der Waals surface area contributed by atoms with E-state index < -0.39 is 11.5 Å². The van der Waals surface area contributed by atoms with E-state index in [0.717, 1.165) is 5.56 Å². The minimum Gasteiger partial charge on any atom is -0.506 e. The van der Waals surface area contributed by atoms with E-state index in [2.05, 4.69) is 15.3 Å². The van der Waals surface area contributed by atoms with Gasteiger partial charge in [-0.25, -0.2) is 9.48 Å². The quantitative estimate of drug-likeness (QED) is 0.621. The van der Waals surface area contributed by atoms with E-state index in [9.17, 15) is 14.7 Å². The van der Waals surface area contributed by atoms with E-state index in [1.807, 2.05) is 6.92 Å². The second-order valence-electron chi connectivity index (χ2n) is 5.77. The number of nitrogens with zero attached hydrogens (tertiary/aromatic N) is 3. The standard InChI is InChI=1S/C18H16N4O4/c1-10-6-7-14(15(23)8-10)19-20-16-11(2)21-22(17(16)24)13-5-3-4-12(9-13)18(25)26/h3-9,21,23H,1-2H3,(H,25,26). The Bertz CT molecular complexity index is 1080. The maximum atomic E-state index is 12.6.